The molecule has 128 valence electrons. The second kappa shape index (κ2) is 7.07. The Morgan fingerprint density at radius 1 is 1.42 bits per heavy atom. The standard InChI is InChI=1S/C15H14Cl2N2O3S2/c1-2-22-14(21)11-10(18)9-12(20)19-13(24-15(9)23-11)7-4-3-6(16)5-8(7)17/h3-5,9,13,15H,2,18H2,1H3,(H,19,20). The Labute approximate surface area is 157 Å². The molecule has 0 spiro atoms. The van der Waals surface area contributed by atoms with Crippen LogP contribution in [0.4, 0.5) is 0 Å². The first kappa shape index (κ1) is 17.8. The number of fused-ring (bicyclic) bond motifs is 1. The van der Waals surface area contributed by atoms with Crippen LogP contribution in [0, 0.1) is 5.92 Å². The summed E-state index contributed by atoms with van der Waals surface area (Å²) in [5.74, 6) is -1.26. The van der Waals surface area contributed by atoms with Gasteiger partial charge in [-0.3, -0.25) is 4.79 Å². The third-order valence-electron chi connectivity index (χ3n) is 3.64. The van der Waals surface area contributed by atoms with E-state index in [1.807, 2.05) is 0 Å². The summed E-state index contributed by atoms with van der Waals surface area (Å²) in [5.41, 5.74) is 7.07. The predicted octanol–water partition coefficient (Wildman–Crippen LogP) is 3.28. The maximum absolute atomic E-state index is 12.5. The Kier molecular flexibility index (Phi) is 5.24. The van der Waals surface area contributed by atoms with Crippen molar-refractivity contribution in [2.45, 2.75) is 16.9 Å². The van der Waals surface area contributed by atoms with Crippen molar-refractivity contribution in [3.05, 3.63) is 44.4 Å². The lowest BCUT2D eigenvalue weighted by molar-refractivity contribution is -0.137. The van der Waals surface area contributed by atoms with Crippen molar-refractivity contribution < 1.29 is 14.3 Å². The van der Waals surface area contributed by atoms with Crippen LogP contribution in [0.25, 0.3) is 0 Å². The molecule has 0 bridgehead atoms. The van der Waals surface area contributed by atoms with Gasteiger partial charge in [-0.2, -0.15) is 0 Å². The maximum Gasteiger partial charge on any atom is 0.346 e. The van der Waals surface area contributed by atoms with E-state index in [9.17, 15) is 9.59 Å². The first-order chi connectivity index (χ1) is 11.4. The lowest BCUT2D eigenvalue weighted by atomic mass is 10.1. The molecule has 0 saturated carbocycles. The number of hydrogen-bond donors (Lipinski definition) is 2. The molecule has 0 aromatic heterocycles. The van der Waals surface area contributed by atoms with E-state index in [0.717, 1.165) is 5.56 Å². The normalized spacial score (nSPS) is 26.1. The fourth-order valence-corrected chi connectivity index (χ4v) is 6.24. The summed E-state index contributed by atoms with van der Waals surface area (Å²) in [5, 5.41) is 3.58. The quantitative estimate of drug-likeness (QED) is 0.752. The topological polar surface area (TPSA) is 81.4 Å². The lowest BCUT2D eigenvalue weighted by Gasteiger charge is -2.32. The summed E-state index contributed by atoms with van der Waals surface area (Å²) in [4.78, 5) is 24.8. The Bertz CT molecular complexity index is 741. The highest BCUT2D eigenvalue weighted by molar-refractivity contribution is 8.19. The Hall–Kier alpha value is -1.02. The summed E-state index contributed by atoms with van der Waals surface area (Å²) in [7, 11) is 0. The third kappa shape index (κ3) is 3.22. The van der Waals surface area contributed by atoms with E-state index in [1.165, 1.54) is 23.5 Å². The van der Waals surface area contributed by atoms with Crippen molar-refractivity contribution in [3.8, 4) is 0 Å². The summed E-state index contributed by atoms with van der Waals surface area (Å²) in [6.07, 6.45) is 0. The Balaban J connectivity index is 1.83. The van der Waals surface area contributed by atoms with E-state index in [4.69, 9.17) is 33.7 Å². The minimum atomic E-state index is -0.554. The predicted molar refractivity (Wildman–Crippen MR) is 97.7 cm³/mol. The fraction of sp³-hybridized carbons (Fsp3) is 0.333. The van der Waals surface area contributed by atoms with Gasteiger partial charge in [0.2, 0.25) is 5.91 Å². The average molecular weight is 405 g/mol. The summed E-state index contributed by atoms with van der Waals surface area (Å²) < 4.78 is 4.81. The Morgan fingerprint density at radius 3 is 2.83 bits per heavy atom. The van der Waals surface area contributed by atoms with Crippen LogP contribution in [0.5, 0.6) is 0 Å². The number of carbonyl (C=O) groups excluding carboxylic acids is 2. The van der Waals surface area contributed by atoms with Gasteiger partial charge in [0.15, 0.2) is 0 Å². The number of hydrogen-bond acceptors (Lipinski definition) is 6. The van der Waals surface area contributed by atoms with Crippen LogP contribution >= 0.6 is 46.7 Å². The summed E-state index contributed by atoms with van der Waals surface area (Å²) >= 11 is 14.9. The minimum absolute atomic E-state index is 0.199. The van der Waals surface area contributed by atoms with E-state index in [0.29, 0.717) is 15.0 Å². The SMILES string of the molecule is CCOC(=O)C1=C(N)C2C(=O)NC(c3ccc(Cl)cc3Cl)SC2S1. The van der Waals surface area contributed by atoms with Gasteiger partial charge in [0.1, 0.15) is 16.2 Å². The molecule has 1 amide bonds. The number of carbonyl (C=O) groups is 2. The smallest absolute Gasteiger partial charge is 0.346 e. The van der Waals surface area contributed by atoms with Crippen LogP contribution < -0.4 is 11.1 Å². The minimum Gasteiger partial charge on any atom is -0.462 e. The van der Waals surface area contributed by atoms with Gasteiger partial charge >= 0.3 is 5.97 Å². The molecule has 3 atom stereocenters. The molecular formula is C15H14Cl2N2O3S2. The van der Waals surface area contributed by atoms with Gasteiger partial charge < -0.3 is 15.8 Å². The molecule has 3 N–H and O–H groups in total. The fourth-order valence-electron chi connectivity index (χ4n) is 2.53. The zero-order valence-electron chi connectivity index (χ0n) is 12.5. The molecule has 2 aliphatic rings. The molecule has 0 aliphatic carbocycles. The van der Waals surface area contributed by atoms with E-state index in [2.05, 4.69) is 5.32 Å². The molecular weight excluding hydrogens is 391 g/mol. The molecule has 1 aromatic carbocycles. The van der Waals surface area contributed by atoms with Crippen LogP contribution in [0.2, 0.25) is 10.0 Å². The van der Waals surface area contributed by atoms with Gasteiger partial charge in [-0.05, 0) is 19.1 Å². The molecule has 9 heteroatoms. The summed E-state index contributed by atoms with van der Waals surface area (Å²) in [6.45, 7) is 1.98. The number of amides is 1. The number of halogens is 2. The van der Waals surface area contributed by atoms with E-state index >= 15 is 0 Å². The van der Waals surface area contributed by atoms with Gasteiger partial charge in [-0.1, -0.05) is 29.3 Å². The highest BCUT2D eigenvalue weighted by Gasteiger charge is 2.47. The summed E-state index contributed by atoms with van der Waals surface area (Å²) in [6, 6.07) is 5.14. The molecule has 1 aromatic rings. The van der Waals surface area contributed by atoms with Crippen molar-refractivity contribution in [3.63, 3.8) is 0 Å². The van der Waals surface area contributed by atoms with Crippen LogP contribution in [0.1, 0.15) is 17.9 Å². The number of rotatable bonds is 3. The van der Waals surface area contributed by atoms with Crippen molar-refractivity contribution in [1.29, 1.82) is 0 Å². The number of nitrogens with two attached hydrogens (primary N) is 1. The number of nitrogens with one attached hydrogen (secondary N) is 1. The highest BCUT2D eigenvalue weighted by atomic mass is 35.5. The first-order valence-electron chi connectivity index (χ1n) is 7.16. The Morgan fingerprint density at radius 2 is 2.17 bits per heavy atom. The van der Waals surface area contributed by atoms with Crippen LogP contribution in [-0.2, 0) is 14.3 Å². The molecule has 1 fully saturated rings. The van der Waals surface area contributed by atoms with Crippen molar-refractivity contribution >= 4 is 58.6 Å². The molecule has 2 aliphatic heterocycles. The van der Waals surface area contributed by atoms with Crippen LogP contribution in [0.15, 0.2) is 28.8 Å². The lowest BCUT2D eigenvalue weighted by Crippen LogP contribution is -2.43. The third-order valence-corrected chi connectivity index (χ3v) is 7.15. The van der Waals surface area contributed by atoms with Gasteiger partial charge in [-0.25, -0.2) is 4.79 Å². The second-order valence-electron chi connectivity index (χ2n) is 5.16. The zero-order valence-corrected chi connectivity index (χ0v) is 15.7. The molecule has 0 radical (unpaired) electrons. The van der Waals surface area contributed by atoms with Crippen LogP contribution in [0.3, 0.4) is 0 Å². The van der Waals surface area contributed by atoms with Crippen LogP contribution in [-0.4, -0.2) is 23.1 Å². The first-order valence-corrected chi connectivity index (χ1v) is 9.74. The highest BCUT2D eigenvalue weighted by Crippen LogP contribution is 2.53. The van der Waals surface area contributed by atoms with Gasteiger partial charge in [0.05, 0.1) is 11.2 Å². The molecule has 3 rings (SSSR count). The molecule has 5 nitrogen and oxygen atoms in total. The van der Waals surface area contributed by atoms with Crippen molar-refractivity contribution in [2.24, 2.45) is 11.7 Å². The second-order valence-corrected chi connectivity index (χ2v) is 8.70. The maximum atomic E-state index is 12.5. The molecule has 1 saturated heterocycles. The van der Waals surface area contributed by atoms with E-state index in [-0.39, 0.29) is 28.2 Å². The molecule has 3 unspecified atom stereocenters. The number of benzene rings is 1. The largest absolute Gasteiger partial charge is 0.462 e. The van der Waals surface area contributed by atoms with Gasteiger partial charge in [0, 0.05) is 21.3 Å². The van der Waals surface area contributed by atoms with E-state index in [1.54, 1.807) is 25.1 Å². The van der Waals surface area contributed by atoms with Crippen molar-refractivity contribution in [2.75, 3.05) is 6.61 Å². The van der Waals surface area contributed by atoms with Gasteiger partial charge in [-0.15, -0.1) is 23.5 Å². The zero-order chi connectivity index (χ0) is 17.4. The number of ether oxygens (including phenoxy) is 1. The number of thioether (sulfide) groups is 2. The van der Waals surface area contributed by atoms with Gasteiger partial charge in [0.25, 0.3) is 0 Å². The average Bonchev–Trinajstić information content (AvgIpc) is 2.85. The van der Waals surface area contributed by atoms with E-state index < -0.39 is 11.9 Å². The molecule has 2 heterocycles. The molecule has 24 heavy (non-hydrogen) atoms. The monoisotopic (exact) mass is 404 g/mol. The van der Waals surface area contributed by atoms with Crippen molar-refractivity contribution in [1.82, 2.24) is 5.32 Å². The number of esters is 1.